The summed E-state index contributed by atoms with van der Waals surface area (Å²) >= 11 is 0. The molecule has 0 N–H and O–H groups in total. The largest absolute Gasteiger partial charge is 0.453 e. The average Bonchev–Trinajstić information content (AvgIpc) is 3.74. The van der Waals surface area contributed by atoms with Gasteiger partial charge in [-0.25, -0.2) is 9.97 Å². The number of rotatable bonds is 5. The van der Waals surface area contributed by atoms with Crippen LogP contribution in [0.25, 0.3) is 94.5 Å². The first kappa shape index (κ1) is 28.3. The molecular formula is C46H29N3O. The minimum atomic E-state index is 0.698. The maximum Gasteiger partial charge on any atom is 0.160 e. The van der Waals surface area contributed by atoms with Crippen LogP contribution in [0.1, 0.15) is 0 Å². The number of hydrogen-bond donors (Lipinski definition) is 0. The van der Waals surface area contributed by atoms with Crippen LogP contribution in [0.5, 0.6) is 0 Å². The van der Waals surface area contributed by atoms with Crippen molar-refractivity contribution in [1.82, 2.24) is 14.5 Å². The van der Waals surface area contributed by atoms with Crippen LogP contribution in [-0.4, -0.2) is 14.5 Å². The van der Waals surface area contributed by atoms with Crippen molar-refractivity contribution in [2.75, 3.05) is 0 Å². The number of furan rings is 1. The first-order valence-corrected chi connectivity index (χ1v) is 16.8. The summed E-state index contributed by atoms with van der Waals surface area (Å²) in [5, 5.41) is 4.55. The fourth-order valence-electron chi connectivity index (χ4n) is 7.28. The van der Waals surface area contributed by atoms with E-state index in [2.05, 4.69) is 138 Å². The standard InChI is InChI=1S/C46H29N3O/c1-4-14-30(15-5-1)34-21-12-22-37-38-23-13-25-42(45(38)50-44(34)37)49-41-24-11-10-20-35(41)36-27-26-33(28-43(36)49)40-29-39(31-16-6-2-7-17-31)47-46(48-40)32-18-8-3-9-19-32/h1-29H. The molecule has 4 heteroatoms. The lowest BCUT2D eigenvalue weighted by molar-refractivity contribution is 0.667. The van der Waals surface area contributed by atoms with Gasteiger partial charge in [-0.05, 0) is 29.8 Å². The second-order valence-corrected chi connectivity index (χ2v) is 12.6. The van der Waals surface area contributed by atoms with Crippen LogP contribution in [0.4, 0.5) is 0 Å². The Morgan fingerprint density at radius 3 is 1.72 bits per heavy atom. The molecule has 0 aliphatic heterocycles. The van der Waals surface area contributed by atoms with Gasteiger partial charge >= 0.3 is 0 Å². The highest BCUT2D eigenvalue weighted by Gasteiger charge is 2.20. The van der Waals surface area contributed by atoms with Gasteiger partial charge in [0.1, 0.15) is 5.58 Å². The van der Waals surface area contributed by atoms with E-state index in [0.29, 0.717) is 5.82 Å². The van der Waals surface area contributed by atoms with Gasteiger partial charge in [0, 0.05) is 43.8 Å². The predicted octanol–water partition coefficient (Wildman–Crippen LogP) is 12.1. The molecule has 0 spiro atoms. The highest BCUT2D eigenvalue weighted by molar-refractivity contribution is 6.14. The Kier molecular flexibility index (Phi) is 6.46. The molecule has 0 saturated heterocycles. The van der Waals surface area contributed by atoms with Crippen molar-refractivity contribution in [2.45, 2.75) is 0 Å². The summed E-state index contributed by atoms with van der Waals surface area (Å²) in [5.41, 5.74) is 12.0. The number of nitrogens with zero attached hydrogens (tertiary/aromatic N) is 3. The lowest BCUT2D eigenvalue weighted by atomic mass is 10.0. The van der Waals surface area contributed by atoms with E-state index in [1.54, 1.807) is 0 Å². The normalized spacial score (nSPS) is 11.6. The van der Waals surface area contributed by atoms with E-state index < -0.39 is 0 Å². The molecule has 0 radical (unpaired) electrons. The van der Waals surface area contributed by atoms with Gasteiger partial charge in [0.25, 0.3) is 0 Å². The summed E-state index contributed by atoms with van der Waals surface area (Å²) < 4.78 is 9.24. The van der Waals surface area contributed by atoms with E-state index in [-0.39, 0.29) is 0 Å². The molecule has 234 valence electrons. The molecule has 0 amide bonds. The zero-order valence-electron chi connectivity index (χ0n) is 27.0. The van der Waals surface area contributed by atoms with Crippen molar-refractivity contribution in [3.8, 4) is 50.7 Å². The molecular weight excluding hydrogens is 611 g/mol. The summed E-state index contributed by atoms with van der Waals surface area (Å²) in [7, 11) is 0. The molecule has 10 rings (SSSR count). The van der Waals surface area contributed by atoms with E-state index in [4.69, 9.17) is 14.4 Å². The lowest BCUT2D eigenvalue weighted by Gasteiger charge is -2.11. The lowest BCUT2D eigenvalue weighted by Crippen LogP contribution is -1.97. The van der Waals surface area contributed by atoms with Crippen LogP contribution in [0, 0.1) is 0 Å². The molecule has 0 aliphatic rings. The van der Waals surface area contributed by atoms with Gasteiger partial charge in [-0.3, -0.25) is 0 Å². The Morgan fingerprint density at radius 2 is 0.960 bits per heavy atom. The topological polar surface area (TPSA) is 43.9 Å². The summed E-state index contributed by atoms with van der Waals surface area (Å²) in [6.45, 7) is 0. The second kappa shape index (κ2) is 11.4. The van der Waals surface area contributed by atoms with Gasteiger partial charge in [0.15, 0.2) is 11.4 Å². The fourth-order valence-corrected chi connectivity index (χ4v) is 7.28. The van der Waals surface area contributed by atoms with Gasteiger partial charge in [0.2, 0.25) is 0 Å². The minimum Gasteiger partial charge on any atom is -0.453 e. The highest BCUT2D eigenvalue weighted by Crippen LogP contribution is 2.41. The summed E-state index contributed by atoms with van der Waals surface area (Å²) in [6.07, 6.45) is 0. The Morgan fingerprint density at radius 1 is 0.380 bits per heavy atom. The third kappa shape index (κ3) is 4.54. The number of hydrogen-bond acceptors (Lipinski definition) is 3. The Hall–Kier alpha value is -6.78. The van der Waals surface area contributed by atoms with Crippen molar-refractivity contribution >= 4 is 43.7 Å². The van der Waals surface area contributed by atoms with E-state index in [0.717, 1.165) is 77.9 Å². The zero-order valence-corrected chi connectivity index (χ0v) is 27.0. The molecule has 10 aromatic rings. The van der Waals surface area contributed by atoms with Crippen LogP contribution < -0.4 is 0 Å². The van der Waals surface area contributed by atoms with E-state index >= 15 is 0 Å². The van der Waals surface area contributed by atoms with E-state index in [1.165, 1.54) is 10.8 Å². The first-order chi connectivity index (χ1) is 24.8. The maximum atomic E-state index is 6.89. The van der Waals surface area contributed by atoms with Crippen LogP contribution in [0.3, 0.4) is 0 Å². The Labute approximate surface area is 288 Å². The molecule has 0 bridgehead atoms. The Balaban J connectivity index is 1.23. The molecule has 50 heavy (non-hydrogen) atoms. The van der Waals surface area contributed by atoms with Gasteiger partial charge < -0.3 is 8.98 Å². The predicted molar refractivity (Wildman–Crippen MR) is 205 cm³/mol. The molecule has 0 fully saturated rings. The third-order valence-corrected chi connectivity index (χ3v) is 9.63. The van der Waals surface area contributed by atoms with Gasteiger partial charge in [-0.1, -0.05) is 152 Å². The van der Waals surface area contributed by atoms with Crippen molar-refractivity contribution in [3.63, 3.8) is 0 Å². The summed E-state index contributed by atoms with van der Waals surface area (Å²) in [5.74, 6) is 0.698. The van der Waals surface area contributed by atoms with Crippen molar-refractivity contribution in [3.05, 3.63) is 176 Å². The molecule has 3 heterocycles. The quantitative estimate of drug-likeness (QED) is 0.188. The van der Waals surface area contributed by atoms with Crippen molar-refractivity contribution in [2.24, 2.45) is 0 Å². The van der Waals surface area contributed by atoms with Crippen molar-refractivity contribution < 1.29 is 4.42 Å². The smallest absolute Gasteiger partial charge is 0.160 e. The van der Waals surface area contributed by atoms with Crippen LogP contribution in [0.2, 0.25) is 0 Å². The number of fused-ring (bicyclic) bond motifs is 6. The third-order valence-electron chi connectivity index (χ3n) is 9.63. The van der Waals surface area contributed by atoms with Gasteiger partial charge in [0.05, 0.1) is 28.1 Å². The second-order valence-electron chi connectivity index (χ2n) is 12.6. The van der Waals surface area contributed by atoms with Gasteiger partial charge in [-0.15, -0.1) is 0 Å². The SMILES string of the molecule is c1ccc(-c2cc(-c3ccc4c5ccccc5n(-c5cccc6c5oc5c(-c7ccccc7)cccc56)c4c3)nc(-c3ccccc3)n2)cc1. The van der Waals surface area contributed by atoms with Gasteiger partial charge in [-0.2, -0.15) is 0 Å². The Bertz CT molecular complexity index is 2800. The summed E-state index contributed by atoms with van der Waals surface area (Å²) in [6, 6.07) is 61.2. The molecule has 0 aliphatic carbocycles. The van der Waals surface area contributed by atoms with Crippen LogP contribution in [0.15, 0.2) is 180 Å². The molecule has 4 nitrogen and oxygen atoms in total. The number of benzene rings is 7. The minimum absolute atomic E-state index is 0.698. The van der Waals surface area contributed by atoms with Crippen LogP contribution >= 0.6 is 0 Å². The zero-order chi connectivity index (χ0) is 33.0. The maximum absolute atomic E-state index is 6.89. The molecule has 0 saturated carbocycles. The monoisotopic (exact) mass is 639 g/mol. The number of aromatic nitrogens is 3. The van der Waals surface area contributed by atoms with Crippen LogP contribution in [-0.2, 0) is 0 Å². The molecule has 0 unspecified atom stereocenters. The molecule has 0 atom stereocenters. The van der Waals surface area contributed by atoms with E-state index in [1.807, 2.05) is 42.5 Å². The average molecular weight is 640 g/mol. The fraction of sp³-hybridized carbons (Fsp3) is 0. The molecule has 7 aromatic carbocycles. The van der Waals surface area contributed by atoms with E-state index in [9.17, 15) is 0 Å². The highest BCUT2D eigenvalue weighted by atomic mass is 16.3. The first-order valence-electron chi connectivity index (χ1n) is 16.8. The number of para-hydroxylation sites is 3. The molecule has 3 aromatic heterocycles. The summed E-state index contributed by atoms with van der Waals surface area (Å²) in [4.78, 5) is 10.2. The van der Waals surface area contributed by atoms with Crippen molar-refractivity contribution in [1.29, 1.82) is 0 Å².